The Morgan fingerprint density at radius 3 is 2.42 bits per heavy atom. The van der Waals surface area contributed by atoms with Crippen molar-refractivity contribution in [2.75, 3.05) is 0 Å². The molecule has 0 fully saturated rings. The molecule has 1 heterocycles. The van der Waals surface area contributed by atoms with E-state index in [1.54, 1.807) is 17.8 Å². The molecule has 3 aromatic carbocycles. The normalized spacial score (nSPS) is 11.7. The highest BCUT2D eigenvalue weighted by atomic mass is 32.2. The number of hydrogen-bond acceptors (Lipinski definition) is 5. The van der Waals surface area contributed by atoms with Crippen LogP contribution in [0.3, 0.4) is 0 Å². The number of hydrogen-bond donors (Lipinski definition) is 2. The molecule has 0 atom stereocenters. The molecular formula is C26H27N3O3S. The van der Waals surface area contributed by atoms with Crippen molar-refractivity contribution in [3.05, 3.63) is 71.8 Å². The third-order valence-electron chi connectivity index (χ3n) is 5.94. The Balaban J connectivity index is 1.76. The van der Waals surface area contributed by atoms with Gasteiger partial charge >= 0.3 is 5.97 Å². The van der Waals surface area contributed by atoms with Gasteiger partial charge in [-0.1, -0.05) is 56.8 Å². The Morgan fingerprint density at radius 2 is 1.73 bits per heavy atom. The molecule has 6 nitrogen and oxygen atoms in total. The number of aryl methyl sites for hydroxylation is 1. The van der Waals surface area contributed by atoms with Crippen molar-refractivity contribution >= 4 is 28.8 Å². The predicted octanol–water partition coefficient (Wildman–Crippen LogP) is 5.98. The highest BCUT2D eigenvalue weighted by Crippen LogP contribution is 2.38. The van der Waals surface area contributed by atoms with Crippen molar-refractivity contribution in [3.8, 4) is 11.4 Å². The van der Waals surface area contributed by atoms with Crippen molar-refractivity contribution in [3.63, 3.8) is 0 Å². The van der Waals surface area contributed by atoms with Gasteiger partial charge in [-0.3, -0.25) is 4.79 Å². The van der Waals surface area contributed by atoms with Gasteiger partial charge in [0.15, 0.2) is 0 Å². The maximum Gasteiger partial charge on any atom is 0.303 e. The zero-order chi connectivity index (χ0) is 23.6. The molecule has 0 aliphatic rings. The maximum absolute atomic E-state index is 11.2. The van der Waals surface area contributed by atoms with Gasteiger partial charge in [-0.2, -0.15) is 0 Å². The van der Waals surface area contributed by atoms with Crippen LogP contribution in [0.4, 0.5) is 0 Å². The van der Waals surface area contributed by atoms with Crippen molar-refractivity contribution in [2.45, 2.75) is 55.2 Å². The second-order valence-electron chi connectivity index (χ2n) is 8.70. The maximum atomic E-state index is 11.2. The van der Waals surface area contributed by atoms with Gasteiger partial charge < -0.3 is 10.2 Å². The van der Waals surface area contributed by atoms with E-state index < -0.39 is 5.97 Å². The van der Waals surface area contributed by atoms with Crippen molar-refractivity contribution in [1.29, 1.82) is 0 Å². The number of aromatic nitrogens is 3. The Bertz CT molecular complexity index is 1300. The first-order chi connectivity index (χ1) is 15.8. The van der Waals surface area contributed by atoms with Gasteiger partial charge in [-0.15, -0.1) is 15.0 Å². The van der Waals surface area contributed by atoms with Gasteiger partial charge in [0.25, 0.3) is 0 Å². The molecule has 7 heteroatoms. The fourth-order valence-electron chi connectivity index (χ4n) is 3.62. The van der Waals surface area contributed by atoms with Gasteiger partial charge in [0.05, 0.1) is 0 Å². The number of nitrogens with zero attached hydrogens (tertiary/aromatic N) is 3. The highest BCUT2D eigenvalue weighted by molar-refractivity contribution is 7.99. The fraction of sp³-hybridized carbons (Fsp3) is 0.269. The summed E-state index contributed by atoms with van der Waals surface area (Å²) in [6, 6.07) is 19.7. The standard InChI is InChI=1S/C26H27N3O3S/c1-4-26(2,3)20-14-17(10-13-24(30)31)15-23(25(20)32)29-27-21-12-11-19(16-22(21)28-29)33-18-8-6-5-7-9-18/h5-9,11-12,14-16,32H,4,10,13H2,1-3H3,(H,30,31). The summed E-state index contributed by atoms with van der Waals surface area (Å²) in [5.41, 5.74) is 3.22. The molecule has 4 aromatic rings. The van der Waals surface area contributed by atoms with Crippen LogP contribution in [0.2, 0.25) is 0 Å². The lowest BCUT2D eigenvalue weighted by atomic mass is 9.80. The SMILES string of the molecule is CCC(C)(C)c1cc(CCC(=O)O)cc(-n2nc3ccc(Sc4ccccc4)cc3n2)c1O. The summed E-state index contributed by atoms with van der Waals surface area (Å²) in [6.07, 6.45) is 1.20. The van der Waals surface area contributed by atoms with E-state index in [0.717, 1.165) is 38.4 Å². The number of phenols is 1. The van der Waals surface area contributed by atoms with Gasteiger partial charge in [-0.25, -0.2) is 0 Å². The van der Waals surface area contributed by atoms with Gasteiger partial charge in [0.1, 0.15) is 22.5 Å². The van der Waals surface area contributed by atoms with Crippen LogP contribution in [0.5, 0.6) is 5.75 Å². The minimum atomic E-state index is -0.854. The lowest BCUT2D eigenvalue weighted by Crippen LogP contribution is -2.17. The van der Waals surface area contributed by atoms with Crippen LogP contribution in [0, 0.1) is 0 Å². The number of benzene rings is 3. The molecule has 0 spiro atoms. The average Bonchev–Trinajstić information content (AvgIpc) is 3.22. The molecule has 0 aliphatic heterocycles. The van der Waals surface area contributed by atoms with Crippen LogP contribution < -0.4 is 0 Å². The molecule has 0 unspecified atom stereocenters. The van der Waals surface area contributed by atoms with Crippen LogP contribution in [-0.4, -0.2) is 31.2 Å². The van der Waals surface area contributed by atoms with Crippen LogP contribution in [0.15, 0.2) is 70.5 Å². The summed E-state index contributed by atoms with van der Waals surface area (Å²) in [5, 5.41) is 29.5. The summed E-state index contributed by atoms with van der Waals surface area (Å²) in [6.45, 7) is 6.19. The number of phenolic OH excluding ortho intramolecular Hbond substituents is 1. The number of carboxylic acid groups (broad SMARTS) is 1. The molecule has 0 aliphatic carbocycles. The van der Waals surface area contributed by atoms with E-state index in [9.17, 15) is 9.90 Å². The highest BCUT2D eigenvalue weighted by Gasteiger charge is 2.26. The number of carbonyl (C=O) groups is 1. The van der Waals surface area contributed by atoms with Gasteiger partial charge in [0, 0.05) is 21.8 Å². The van der Waals surface area contributed by atoms with E-state index >= 15 is 0 Å². The largest absolute Gasteiger partial charge is 0.505 e. The molecule has 0 bridgehead atoms. The van der Waals surface area contributed by atoms with E-state index in [4.69, 9.17) is 5.11 Å². The summed E-state index contributed by atoms with van der Waals surface area (Å²) >= 11 is 1.65. The molecule has 33 heavy (non-hydrogen) atoms. The van der Waals surface area contributed by atoms with Crippen molar-refractivity contribution in [2.24, 2.45) is 0 Å². The molecule has 0 radical (unpaired) electrons. The second-order valence-corrected chi connectivity index (χ2v) is 9.84. The third kappa shape index (κ3) is 5.03. The predicted molar refractivity (Wildman–Crippen MR) is 130 cm³/mol. The minimum absolute atomic E-state index is 0.0186. The van der Waals surface area contributed by atoms with Gasteiger partial charge in [0.2, 0.25) is 0 Å². The Labute approximate surface area is 197 Å². The quantitative estimate of drug-likeness (QED) is 0.335. The molecule has 2 N–H and O–H groups in total. The first-order valence-electron chi connectivity index (χ1n) is 11.0. The summed E-state index contributed by atoms with van der Waals surface area (Å²) in [4.78, 5) is 14.8. The number of aromatic hydroxyl groups is 1. The molecule has 0 amide bonds. The van der Waals surface area contributed by atoms with Crippen LogP contribution in [-0.2, 0) is 16.6 Å². The van der Waals surface area contributed by atoms with Crippen LogP contribution in [0.1, 0.15) is 44.7 Å². The lowest BCUT2D eigenvalue weighted by Gasteiger charge is -2.26. The number of carboxylic acids is 1. The third-order valence-corrected chi connectivity index (χ3v) is 6.93. The molecule has 0 saturated carbocycles. The Morgan fingerprint density at radius 1 is 1.00 bits per heavy atom. The Kier molecular flexibility index (Phi) is 6.42. The first-order valence-corrected chi connectivity index (χ1v) is 11.8. The van der Waals surface area contributed by atoms with E-state index in [0.29, 0.717) is 12.1 Å². The summed E-state index contributed by atoms with van der Waals surface area (Å²) in [5.74, 6) is -0.729. The topological polar surface area (TPSA) is 88.2 Å². The molecular weight excluding hydrogens is 434 g/mol. The van der Waals surface area contributed by atoms with Crippen LogP contribution in [0.25, 0.3) is 16.7 Å². The zero-order valence-corrected chi connectivity index (χ0v) is 19.8. The number of rotatable bonds is 8. The van der Waals surface area contributed by atoms with Crippen LogP contribution >= 0.6 is 11.8 Å². The van der Waals surface area contributed by atoms with E-state index in [1.165, 1.54) is 4.80 Å². The zero-order valence-electron chi connectivity index (χ0n) is 18.9. The summed E-state index contributed by atoms with van der Waals surface area (Å²) < 4.78 is 0. The minimum Gasteiger partial charge on any atom is -0.505 e. The molecule has 170 valence electrons. The lowest BCUT2D eigenvalue weighted by molar-refractivity contribution is -0.136. The fourth-order valence-corrected chi connectivity index (χ4v) is 4.49. The Hall–Kier alpha value is -3.32. The molecule has 4 rings (SSSR count). The number of aliphatic carboxylic acids is 1. The monoisotopic (exact) mass is 461 g/mol. The number of fused-ring (bicyclic) bond motifs is 1. The molecule has 0 saturated heterocycles. The first kappa shape index (κ1) is 22.9. The summed E-state index contributed by atoms with van der Waals surface area (Å²) in [7, 11) is 0. The van der Waals surface area contributed by atoms with Crippen molar-refractivity contribution < 1.29 is 15.0 Å². The second kappa shape index (κ2) is 9.27. The van der Waals surface area contributed by atoms with E-state index in [-0.39, 0.29) is 17.6 Å². The van der Waals surface area contributed by atoms with Crippen molar-refractivity contribution in [1.82, 2.24) is 15.0 Å². The van der Waals surface area contributed by atoms with E-state index in [1.807, 2.05) is 42.5 Å². The van der Waals surface area contributed by atoms with Gasteiger partial charge in [-0.05, 0) is 60.2 Å². The smallest absolute Gasteiger partial charge is 0.303 e. The average molecular weight is 462 g/mol. The van der Waals surface area contributed by atoms with E-state index in [2.05, 4.69) is 43.1 Å². The molecule has 1 aromatic heterocycles.